The zero-order valence-corrected chi connectivity index (χ0v) is 12.5. The normalized spacial score (nSPS) is 11.0. The zero-order chi connectivity index (χ0) is 16.0. The maximum absolute atomic E-state index is 12.9. The van der Waals surface area contributed by atoms with Gasteiger partial charge in [0.2, 0.25) is 0 Å². The number of aryl methyl sites for hydroxylation is 1. The van der Waals surface area contributed by atoms with Crippen LogP contribution in [-0.4, -0.2) is 8.97 Å². The van der Waals surface area contributed by atoms with Crippen molar-refractivity contribution in [2.24, 2.45) is 0 Å². The zero-order valence-electron chi connectivity index (χ0n) is 12.5. The summed E-state index contributed by atoms with van der Waals surface area (Å²) in [5.74, 6) is 0. The van der Waals surface area contributed by atoms with Gasteiger partial charge in [-0.05, 0) is 43.3 Å². The van der Waals surface area contributed by atoms with Crippen molar-refractivity contribution < 1.29 is 0 Å². The van der Waals surface area contributed by atoms with Gasteiger partial charge in [0, 0.05) is 11.9 Å². The molecular formula is C19H13N3O. The monoisotopic (exact) mass is 299 g/mol. The average molecular weight is 299 g/mol. The molecule has 110 valence electrons. The average Bonchev–Trinajstić information content (AvgIpc) is 3.06. The Morgan fingerprint density at radius 3 is 2.43 bits per heavy atom. The number of benzene rings is 2. The number of para-hydroxylation sites is 1. The third-order valence-electron chi connectivity index (χ3n) is 4.08. The first-order valence-electron chi connectivity index (χ1n) is 7.32. The van der Waals surface area contributed by atoms with Crippen LogP contribution in [0.5, 0.6) is 0 Å². The first-order chi connectivity index (χ1) is 11.2. The number of hydrogen-bond acceptors (Lipinski definition) is 2. The number of hydrogen-bond donors (Lipinski definition) is 0. The minimum absolute atomic E-state index is 0.0959. The quantitative estimate of drug-likeness (QED) is 0.540. The molecule has 0 saturated carbocycles. The Morgan fingerprint density at radius 1 is 0.957 bits per heavy atom. The van der Waals surface area contributed by atoms with Crippen LogP contribution in [0.1, 0.15) is 11.1 Å². The third kappa shape index (κ3) is 1.87. The summed E-state index contributed by atoms with van der Waals surface area (Å²) in [7, 11) is 0. The standard InChI is InChI=1S/C19H13N3O/c1-13-7-9-15(10-8-13)22-16-5-2-4-14(12-20)18(16)21-11-3-6-17(21)19(22)23/h2-11H,1H3. The number of rotatable bonds is 1. The van der Waals surface area contributed by atoms with Crippen LogP contribution in [-0.2, 0) is 0 Å². The van der Waals surface area contributed by atoms with Crippen molar-refractivity contribution in [3.63, 3.8) is 0 Å². The van der Waals surface area contributed by atoms with Crippen LogP contribution < -0.4 is 5.56 Å². The van der Waals surface area contributed by atoms with E-state index < -0.39 is 0 Å². The lowest BCUT2D eigenvalue weighted by Crippen LogP contribution is -2.21. The Bertz CT molecular complexity index is 1140. The summed E-state index contributed by atoms with van der Waals surface area (Å²) in [6.07, 6.45) is 1.82. The fraction of sp³-hybridized carbons (Fsp3) is 0.0526. The van der Waals surface area contributed by atoms with Crippen LogP contribution in [0.25, 0.3) is 22.2 Å². The molecule has 0 spiro atoms. The fourth-order valence-corrected chi connectivity index (χ4v) is 2.98. The molecule has 4 rings (SSSR count). The van der Waals surface area contributed by atoms with Crippen molar-refractivity contribution in [3.8, 4) is 11.8 Å². The lowest BCUT2D eigenvalue weighted by Gasteiger charge is -2.13. The second-order valence-electron chi connectivity index (χ2n) is 5.52. The summed E-state index contributed by atoms with van der Waals surface area (Å²) in [6.45, 7) is 2.01. The molecule has 4 aromatic rings. The van der Waals surface area contributed by atoms with Gasteiger partial charge in [-0.15, -0.1) is 0 Å². The minimum atomic E-state index is -0.0959. The summed E-state index contributed by atoms with van der Waals surface area (Å²) < 4.78 is 3.46. The van der Waals surface area contributed by atoms with E-state index in [0.29, 0.717) is 11.1 Å². The molecule has 0 N–H and O–H groups in total. The summed E-state index contributed by atoms with van der Waals surface area (Å²) >= 11 is 0. The number of aromatic nitrogens is 2. The van der Waals surface area contributed by atoms with Gasteiger partial charge in [0.15, 0.2) is 0 Å². The SMILES string of the molecule is Cc1ccc(-n2c(=O)c3cccn3c3c(C#N)cccc32)cc1. The molecule has 0 aliphatic carbocycles. The Morgan fingerprint density at radius 2 is 1.70 bits per heavy atom. The molecule has 2 heterocycles. The Labute approximate surface area is 132 Å². The molecule has 0 bridgehead atoms. The van der Waals surface area contributed by atoms with Crippen LogP contribution in [0.15, 0.2) is 65.6 Å². The maximum atomic E-state index is 12.9. The van der Waals surface area contributed by atoms with Crippen molar-refractivity contribution in [2.45, 2.75) is 6.92 Å². The molecular weight excluding hydrogens is 286 g/mol. The van der Waals surface area contributed by atoms with Gasteiger partial charge < -0.3 is 4.40 Å². The first kappa shape index (κ1) is 13.4. The highest BCUT2D eigenvalue weighted by atomic mass is 16.1. The van der Waals surface area contributed by atoms with Crippen molar-refractivity contribution in [1.29, 1.82) is 5.26 Å². The van der Waals surface area contributed by atoms with Gasteiger partial charge in [-0.25, -0.2) is 0 Å². The Hall–Kier alpha value is -3.32. The van der Waals surface area contributed by atoms with Crippen LogP contribution in [0.3, 0.4) is 0 Å². The highest BCUT2D eigenvalue weighted by Gasteiger charge is 2.14. The summed E-state index contributed by atoms with van der Waals surface area (Å²) in [6, 6.07) is 19.1. The van der Waals surface area contributed by atoms with Crippen LogP contribution in [0.2, 0.25) is 0 Å². The van der Waals surface area contributed by atoms with Gasteiger partial charge in [-0.3, -0.25) is 9.36 Å². The smallest absolute Gasteiger partial charge is 0.279 e. The molecule has 0 aliphatic heterocycles. The van der Waals surface area contributed by atoms with Gasteiger partial charge in [-0.1, -0.05) is 23.8 Å². The number of fused-ring (bicyclic) bond motifs is 3. The Kier molecular flexibility index (Phi) is 2.82. The predicted molar refractivity (Wildman–Crippen MR) is 90.0 cm³/mol. The van der Waals surface area contributed by atoms with Gasteiger partial charge in [0.25, 0.3) is 5.56 Å². The van der Waals surface area contributed by atoms with E-state index in [0.717, 1.165) is 22.3 Å². The van der Waals surface area contributed by atoms with Crippen molar-refractivity contribution in [3.05, 3.63) is 82.3 Å². The van der Waals surface area contributed by atoms with E-state index in [4.69, 9.17) is 0 Å². The molecule has 23 heavy (non-hydrogen) atoms. The summed E-state index contributed by atoms with van der Waals surface area (Å²) in [5.41, 5.74) is 4.40. The molecule has 0 saturated heterocycles. The van der Waals surface area contributed by atoms with E-state index in [2.05, 4.69) is 6.07 Å². The van der Waals surface area contributed by atoms with E-state index >= 15 is 0 Å². The molecule has 0 unspecified atom stereocenters. The predicted octanol–water partition coefficient (Wildman–Crippen LogP) is 3.42. The van der Waals surface area contributed by atoms with E-state index in [1.807, 2.05) is 49.5 Å². The molecule has 2 aromatic heterocycles. The molecule has 0 amide bonds. The van der Waals surface area contributed by atoms with Gasteiger partial charge in [0.05, 0.1) is 16.6 Å². The molecule has 0 atom stereocenters. The van der Waals surface area contributed by atoms with E-state index in [1.165, 1.54) is 0 Å². The molecule has 0 radical (unpaired) electrons. The first-order valence-corrected chi connectivity index (χ1v) is 7.32. The van der Waals surface area contributed by atoms with E-state index in [9.17, 15) is 10.1 Å². The van der Waals surface area contributed by atoms with Crippen molar-refractivity contribution in [2.75, 3.05) is 0 Å². The Balaban J connectivity index is 2.27. The fourth-order valence-electron chi connectivity index (χ4n) is 2.98. The second kappa shape index (κ2) is 4.85. The number of nitriles is 1. The van der Waals surface area contributed by atoms with Crippen molar-refractivity contribution in [1.82, 2.24) is 8.97 Å². The van der Waals surface area contributed by atoms with Gasteiger partial charge >= 0.3 is 0 Å². The summed E-state index contributed by atoms with van der Waals surface area (Å²) in [5, 5.41) is 9.45. The van der Waals surface area contributed by atoms with E-state index in [1.54, 1.807) is 27.2 Å². The highest BCUT2D eigenvalue weighted by molar-refractivity contribution is 5.86. The van der Waals surface area contributed by atoms with Gasteiger partial charge in [0.1, 0.15) is 11.6 Å². The number of nitrogens with zero attached hydrogens (tertiary/aromatic N) is 3. The molecule has 4 nitrogen and oxygen atoms in total. The summed E-state index contributed by atoms with van der Waals surface area (Å²) in [4.78, 5) is 12.9. The lowest BCUT2D eigenvalue weighted by molar-refractivity contribution is 1.02. The van der Waals surface area contributed by atoms with Crippen LogP contribution >= 0.6 is 0 Å². The lowest BCUT2D eigenvalue weighted by atomic mass is 10.1. The van der Waals surface area contributed by atoms with Crippen LogP contribution in [0, 0.1) is 18.3 Å². The van der Waals surface area contributed by atoms with Crippen molar-refractivity contribution >= 4 is 16.6 Å². The van der Waals surface area contributed by atoms with Gasteiger partial charge in [-0.2, -0.15) is 5.26 Å². The maximum Gasteiger partial charge on any atom is 0.279 e. The third-order valence-corrected chi connectivity index (χ3v) is 4.08. The minimum Gasteiger partial charge on any atom is -0.309 e. The largest absolute Gasteiger partial charge is 0.309 e. The van der Waals surface area contributed by atoms with E-state index in [-0.39, 0.29) is 5.56 Å². The highest BCUT2D eigenvalue weighted by Crippen LogP contribution is 2.22. The molecule has 4 heteroatoms. The topological polar surface area (TPSA) is 50.2 Å². The second-order valence-corrected chi connectivity index (χ2v) is 5.52. The molecule has 2 aromatic carbocycles. The molecule has 0 fully saturated rings. The molecule has 0 aliphatic rings. The van der Waals surface area contributed by atoms with Crippen LogP contribution in [0.4, 0.5) is 0 Å².